The fraction of sp³-hybridized carbons (Fsp3) is 1.00. The fourth-order valence-electron chi connectivity index (χ4n) is 3.53. The van der Waals surface area contributed by atoms with E-state index in [1.165, 1.54) is 51.4 Å². The summed E-state index contributed by atoms with van der Waals surface area (Å²) in [4.78, 5) is 0. The third kappa shape index (κ3) is 5.27. The molecule has 0 bridgehead atoms. The van der Waals surface area contributed by atoms with Gasteiger partial charge in [0, 0.05) is 27.4 Å². The van der Waals surface area contributed by atoms with Crippen LogP contribution >= 0.6 is 0 Å². The monoisotopic (exact) mass is 256 g/mol. The molecule has 108 valence electrons. The molecule has 0 N–H and O–H groups in total. The minimum absolute atomic E-state index is 0.699. The van der Waals surface area contributed by atoms with Gasteiger partial charge >= 0.3 is 0 Å². The van der Waals surface area contributed by atoms with Crippen molar-refractivity contribution in [2.24, 2.45) is 17.8 Å². The van der Waals surface area contributed by atoms with Crippen molar-refractivity contribution in [2.75, 3.05) is 27.4 Å². The second-order valence-corrected chi connectivity index (χ2v) is 5.87. The van der Waals surface area contributed by atoms with Crippen molar-refractivity contribution >= 4 is 0 Å². The van der Waals surface area contributed by atoms with E-state index in [1.807, 2.05) is 14.2 Å². The molecule has 1 rings (SSSR count). The molecule has 0 spiro atoms. The van der Waals surface area contributed by atoms with Gasteiger partial charge in [-0.15, -0.1) is 0 Å². The second-order valence-electron chi connectivity index (χ2n) is 5.87. The lowest BCUT2D eigenvalue weighted by Gasteiger charge is -2.31. The minimum atomic E-state index is 0.699. The standard InChI is InChI=1S/C16H32O2/c1-4-5-6-11-15(12-17-2)16(13-18-3)14-9-7-8-10-14/h14-16H,4-13H2,1-3H3. The molecule has 2 atom stereocenters. The van der Waals surface area contributed by atoms with E-state index in [-0.39, 0.29) is 0 Å². The zero-order valence-corrected chi connectivity index (χ0v) is 12.6. The number of unbranched alkanes of at least 4 members (excludes halogenated alkanes) is 2. The number of hydrogen-bond acceptors (Lipinski definition) is 2. The molecular formula is C16H32O2. The van der Waals surface area contributed by atoms with Crippen LogP contribution in [0.5, 0.6) is 0 Å². The molecule has 0 radical (unpaired) electrons. The maximum Gasteiger partial charge on any atom is 0.0496 e. The van der Waals surface area contributed by atoms with Gasteiger partial charge in [-0.1, -0.05) is 51.9 Å². The molecule has 0 aromatic rings. The smallest absolute Gasteiger partial charge is 0.0496 e. The molecule has 1 aliphatic carbocycles. The zero-order chi connectivity index (χ0) is 13.2. The Morgan fingerprint density at radius 1 is 1.00 bits per heavy atom. The molecule has 0 aromatic heterocycles. The molecule has 0 amide bonds. The third-order valence-electron chi connectivity index (χ3n) is 4.53. The largest absolute Gasteiger partial charge is 0.384 e. The van der Waals surface area contributed by atoms with Gasteiger partial charge in [0.1, 0.15) is 0 Å². The topological polar surface area (TPSA) is 18.5 Å². The minimum Gasteiger partial charge on any atom is -0.384 e. The van der Waals surface area contributed by atoms with Crippen LogP contribution in [-0.4, -0.2) is 27.4 Å². The van der Waals surface area contributed by atoms with Gasteiger partial charge in [0.05, 0.1) is 0 Å². The van der Waals surface area contributed by atoms with Gasteiger partial charge in [-0.25, -0.2) is 0 Å². The second kappa shape index (κ2) is 9.80. The van der Waals surface area contributed by atoms with Crippen LogP contribution in [0.1, 0.15) is 58.3 Å². The Bertz CT molecular complexity index is 188. The molecule has 0 aromatic carbocycles. The van der Waals surface area contributed by atoms with Gasteiger partial charge in [-0.05, 0) is 24.2 Å². The van der Waals surface area contributed by atoms with Crippen LogP contribution in [0, 0.1) is 17.8 Å². The van der Waals surface area contributed by atoms with E-state index in [0.29, 0.717) is 11.8 Å². The lowest BCUT2D eigenvalue weighted by atomic mass is 9.79. The molecule has 1 saturated carbocycles. The Hall–Kier alpha value is -0.0800. The SMILES string of the molecule is CCCCCC(COC)C(COC)C1CCCC1. The lowest BCUT2D eigenvalue weighted by Crippen LogP contribution is -2.29. The van der Waals surface area contributed by atoms with Crippen LogP contribution in [0.3, 0.4) is 0 Å². The first kappa shape index (κ1) is 16.0. The Morgan fingerprint density at radius 3 is 2.22 bits per heavy atom. The highest BCUT2D eigenvalue weighted by Crippen LogP contribution is 2.37. The average Bonchev–Trinajstić information content (AvgIpc) is 2.89. The van der Waals surface area contributed by atoms with Gasteiger partial charge in [-0.3, -0.25) is 0 Å². The maximum atomic E-state index is 5.49. The van der Waals surface area contributed by atoms with E-state index < -0.39 is 0 Å². The summed E-state index contributed by atoms with van der Waals surface area (Å²) in [6, 6.07) is 0. The summed E-state index contributed by atoms with van der Waals surface area (Å²) in [5, 5.41) is 0. The van der Waals surface area contributed by atoms with Gasteiger partial charge in [0.25, 0.3) is 0 Å². The van der Waals surface area contributed by atoms with Crippen molar-refractivity contribution in [1.29, 1.82) is 0 Å². The summed E-state index contributed by atoms with van der Waals surface area (Å²) < 4.78 is 11.0. The first-order valence-electron chi connectivity index (χ1n) is 7.81. The highest BCUT2D eigenvalue weighted by Gasteiger charge is 2.31. The molecule has 2 nitrogen and oxygen atoms in total. The van der Waals surface area contributed by atoms with Crippen LogP contribution < -0.4 is 0 Å². The summed E-state index contributed by atoms with van der Waals surface area (Å²) in [5.41, 5.74) is 0. The molecule has 0 aliphatic heterocycles. The summed E-state index contributed by atoms with van der Waals surface area (Å²) in [7, 11) is 3.68. The number of rotatable bonds is 10. The first-order valence-corrected chi connectivity index (χ1v) is 7.81. The van der Waals surface area contributed by atoms with E-state index in [0.717, 1.165) is 19.1 Å². The van der Waals surface area contributed by atoms with E-state index in [2.05, 4.69) is 6.92 Å². The van der Waals surface area contributed by atoms with Crippen LogP contribution in [0.15, 0.2) is 0 Å². The van der Waals surface area contributed by atoms with Crippen LogP contribution in [-0.2, 0) is 9.47 Å². The van der Waals surface area contributed by atoms with Gasteiger partial charge < -0.3 is 9.47 Å². The van der Waals surface area contributed by atoms with Crippen molar-refractivity contribution in [1.82, 2.24) is 0 Å². The summed E-state index contributed by atoms with van der Waals surface area (Å²) in [6.45, 7) is 4.11. The van der Waals surface area contributed by atoms with Crippen molar-refractivity contribution < 1.29 is 9.47 Å². The Balaban J connectivity index is 2.51. The Morgan fingerprint density at radius 2 is 1.67 bits per heavy atom. The number of ether oxygens (including phenoxy) is 2. The number of methoxy groups -OCH3 is 2. The summed E-state index contributed by atoms with van der Waals surface area (Å²) in [5.74, 6) is 2.30. The predicted octanol–water partition coefficient (Wildman–Crippen LogP) is 4.28. The molecule has 0 heterocycles. The molecule has 1 fully saturated rings. The van der Waals surface area contributed by atoms with Gasteiger partial charge in [0.2, 0.25) is 0 Å². The van der Waals surface area contributed by atoms with E-state index in [1.54, 1.807) is 0 Å². The van der Waals surface area contributed by atoms with Gasteiger partial charge in [-0.2, -0.15) is 0 Å². The number of hydrogen-bond donors (Lipinski definition) is 0. The lowest BCUT2D eigenvalue weighted by molar-refractivity contribution is 0.0367. The normalized spacial score (nSPS) is 20.2. The molecule has 2 unspecified atom stereocenters. The van der Waals surface area contributed by atoms with Crippen LogP contribution in [0.2, 0.25) is 0 Å². The first-order chi connectivity index (χ1) is 8.83. The predicted molar refractivity (Wildman–Crippen MR) is 76.8 cm³/mol. The zero-order valence-electron chi connectivity index (χ0n) is 12.6. The van der Waals surface area contributed by atoms with Crippen molar-refractivity contribution in [3.8, 4) is 0 Å². The summed E-state index contributed by atoms with van der Waals surface area (Å²) in [6.07, 6.45) is 11.0. The van der Waals surface area contributed by atoms with E-state index >= 15 is 0 Å². The molecule has 0 saturated heterocycles. The van der Waals surface area contributed by atoms with Crippen molar-refractivity contribution in [3.05, 3.63) is 0 Å². The quantitative estimate of drug-likeness (QED) is 0.543. The molecule has 2 heteroatoms. The van der Waals surface area contributed by atoms with Crippen LogP contribution in [0.4, 0.5) is 0 Å². The molecule has 1 aliphatic rings. The summed E-state index contributed by atoms with van der Waals surface area (Å²) >= 11 is 0. The maximum absolute atomic E-state index is 5.49. The van der Waals surface area contributed by atoms with Crippen LogP contribution in [0.25, 0.3) is 0 Å². The Kier molecular flexibility index (Phi) is 8.70. The molecular weight excluding hydrogens is 224 g/mol. The molecule has 18 heavy (non-hydrogen) atoms. The highest BCUT2D eigenvalue weighted by atomic mass is 16.5. The van der Waals surface area contributed by atoms with Gasteiger partial charge in [0.15, 0.2) is 0 Å². The Labute approximate surface area is 113 Å². The highest BCUT2D eigenvalue weighted by molar-refractivity contribution is 4.81. The van der Waals surface area contributed by atoms with Crippen molar-refractivity contribution in [2.45, 2.75) is 58.3 Å². The third-order valence-corrected chi connectivity index (χ3v) is 4.53. The van der Waals surface area contributed by atoms with Crippen molar-refractivity contribution in [3.63, 3.8) is 0 Å². The fourth-order valence-corrected chi connectivity index (χ4v) is 3.53. The average molecular weight is 256 g/mol. The van der Waals surface area contributed by atoms with E-state index in [9.17, 15) is 0 Å². The van der Waals surface area contributed by atoms with E-state index in [4.69, 9.17) is 9.47 Å².